The third-order valence-electron chi connectivity index (χ3n) is 6.52. The van der Waals surface area contributed by atoms with E-state index in [1.54, 1.807) is 12.1 Å². The van der Waals surface area contributed by atoms with Crippen molar-refractivity contribution in [1.29, 1.82) is 0 Å². The third-order valence-corrected chi connectivity index (χ3v) is 6.52. The number of nitrogens with one attached hydrogen (secondary N) is 3. The predicted molar refractivity (Wildman–Crippen MR) is 164 cm³/mol. The number of rotatable bonds is 8. The predicted octanol–water partition coefficient (Wildman–Crippen LogP) is 6.64. The number of hydrogen-bond donors (Lipinski definition) is 4. The van der Waals surface area contributed by atoms with Gasteiger partial charge in [0.05, 0.1) is 11.2 Å². The smallest absolute Gasteiger partial charge is 0.255 e. The Hall–Kier alpha value is -4.59. The van der Waals surface area contributed by atoms with Crippen molar-refractivity contribution in [2.45, 2.75) is 39.4 Å². The minimum atomic E-state index is -0.199. The minimum Gasteiger partial charge on any atom is -0.326 e. The van der Waals surface area contributed by atoms with E-state index in [-0.39, 0.29) is 11.4 Å². The fraction of sp³-hybridized carbons (Fsp3) is 0.182. The molecule has 5 rings (SSSR count). The van der Waals surface area contributed by atoms with Crippen LogP contribution in [0.5, 0.6) is 0 Å². The van der Waals surface area contributed by atoms with E-state index in [4.69, 9.17) is 15.7 Å². The van der Waals surface area contributed by atoms with Crippen LogP contribution in [-0.4, -0.2) is 21.4 Å². The molecule has 0 bridgehead atoms. The number of nitrogens with two attached hydrogens (primary N) is 1. The summed E-state index contributed by atoms with van der Waals surface area (Å²) in [6.45, 7) is 7.40. The van der Waals surface area contributed by atoms with Crippen LogP contribution in [0.25, 0.3) is 22.2 Å². The van der Waals surface area contributed by atoms with E-state index in [9.17, 15) is 4.79 Å². The van der Waals surface area contributed by atoms with Crippen LogP contribution in [0.3, 0.4) is 0 Å². The van der Waals surface area contributed by atoms with Crippen LogP contribution in [0.15, 0.2) is 97.1 Å². The maximum absolute atomic E-state index is 13.1. The average Bonchev–Trinajstić information content (AvgIpc) is 2.96. The third kappa shape index (κ3) is 6.51. The monoisotopic (exact) mass is 530 g/mol. The van der Waals surface area contributed by atoms with Gasteiger partial charge in [-0.2, -0.15) is 0 Å². The van der Waals surface area contributed by atoms with Crippen LogP contribution in [-0.2, 0) is 13.1 Å². The van der Waals surface area contributed by atoms with Gasteiger partial charge in [0, 0.05) is 46.5 Å². The van der Waals surface area contributed by atoms with Gasteiger partial charge in [0.2, 0.25) is 5.95 Å². The van der Waals surface area contributed by atoms with Crippen molar-refractivity contribution in [2.75, 3.05) is 10.6 Å². The molecule has 0 saturated carbocycles. The summed E-state index contributed by atoms with van der Waals surface area (Å²) >= 11 is 0. The van der Waals surface area contributed by atoms with Gasteiger partial charge in [-0.15, -0.1) is 0 Å². The Morgan fingerprint density at radius 2 is 1.57 bits per heavy atom. The number of carbonyl (C=O) groups excluding carboxylic acids is 1. The first-order chi connectivity index (χ1) is 19.3. The summed E-state index contributed by atoms with van der Waals surface area (Å²) in [6.07, 6.45) is 0. The molecule has 40 heavy (non-hydrogen) atoms. The van der Waals surface area contributed by atoms with Crippen LogP contribution >= 0.6 is 0 Å². The molecule has 5 N–H and O–H groups in total. The molecular weight excluding hydrogens is 496 g/mol. The van der Waals surface area contributed by atoms with E-state index in [2.05, 4.69) is 36.7 Å². The Morgan fingerprint density at radius 1 is 0.850 bits per heavy atom. The first-order valence-electron chi connectivity index (χ1n) is 13.4. The highest BCUT2D eigenvalue weighted by Gasteiger charge is 2.13. The number of para-hydroxylation sites is 1. The van der Waals surface area contributed by atoms with Gasteiger partial charge in [-0.3, -0.25) is 4.79 Å². The van der Waals surface area contributed by atoms with E-state index in [1.807, 2.05) is 84.9 Å². The average molecular weight is 531 g/mol. The first-order valence-corrected chi connectivity index (χ1v) is 13.4. The Balaban J connectivity index is 1.33. The first kappa shape index (κ1) is 27.0. The van der Waals surface area contributed by atoms with Crippen LogP contribution < -0.4 is 21.7 Å². The fourth-order valence-corrected chi connectivity index (χ4v) is 4.37. The molecule has 1 heterocycles. The van der Waals surface area contributed by atoms with Crippen LogP contribution in [0.4, 0.5) is 17.3 Å². The highest BCUT2D eigenvalue weighted by Crippen LogP contribution is 2.28. The summed E-state index contributed by atoms with van der Waals surface area (Å²) in [4.78, 5) is 22.6. The summed E-state index contributed by atoms with van der Waals surface area (Å²) in [5.41, 5.74) is 12.7. The largest absolute Gasteiger partial charge is 0.326 e. The topological polar surface area (TPSA) is 105 Å². The van der Waals surface area contributed by atoms with E-state index in [0.29, 0.717) is 24.6 Å². The molecule has 4 aromatic carbocycles. The minimum absolute atomic E-state index is 0.00721. The number of amides is 1. The summed E-state index contributed by atoms with van der Waals surface area (Å²) in [5.74, 6) is 0.290. The van der Waals surface area contributed by atoms with E-state index in [0.717, 1.165) is 44.7 Å². The molecule has 1 amide bonds. The molecule has 0 unspecified atom stereocenters. The number of anilines is 3. The zero-order valence-corrected chi connectivity index (χ0v) is 23.0. The lowest BCUT2D eigenvalue weighted by Crippen LogP contribution is -2.35. The normalized spacial score (nSPS) is 11.4. The SMILES string of the molecule is CC(C)(C)NCc1ccc(CN)c(NC(=O)c2ccc(Nc3nc(-c4ccccc4)c4ccccc4n3)cc2)c1. The summed E-state index contributed by atoms with van der Waals surface area (Å²) in [7, 11) is 0. The quantitative estimate of drug-likeness (QED) is 0.179. The number of benzene rings is 4. The van der Waals surface area contributed by atoms with Crippen molar-refractivity contribution >= 4 is 34.1 Å². The highest BCUT2D eigenvalue weighted by atomic mass is 16.1. The number of carbonyl (C=O) groups is 1. The van der Waals surface area contributed by atoms with Gasteiger partial charge >= 0.3 is 0 Å². The molecule has 7 nitrogen and oxygen atoms in total. The second kappa shape index (κ2) is 11.7. The zero-order chi connectivity index (χ0) is 28.1. The zero-order valence-electron chi connectivity index (χ0n) is 23.0. The number of fused-ring (bicyclic) bond motifs is 1. The Morgan fingerprint density at radius 3 is 2.30 bits per heavy atom. The van der Waals surface area contributed by atoms with Crippen LogP contribution in [0, 0.1) is 0 Å². The highest BCUT2D eigenvalue weighted by molar-refractivity contribution is 6.05. The number of hydrogen-bond acceptors (Lipinski definition) is 6. The van der Waals surface area contributed by atoms with Gasteiger partial charge in [-0.25, -0.2) is 9.97 Å². The number of nitrogens with zero attached hydrogens (tertiary/aromatic N) is 2. The van der Waals surface area contributed by atoms with Gasteiger partial charge in [-0.1, -0.05) is 60.7 Å². The van der Waals surface area contributed by atoms with Crippen molar-refractivity contribution in [3.05, 3.63) is 114 Å². The van der Waals surface area contributed by atoms with Crippen molar-refractivity contribution in [3.8, 4) is 11.3 Å². The summed E-state index contributed by atoms with van der Waals surface area (Å²) in [5, 5.41) is 10.8. The molecule has 0 aliphatic rings. The molecule has 0 aliphatic carbocycles. The van der Waals surface area contributed by atoms with Crippen LogP contribution in [0.1, 0.15) is 42.3 Å². The van der Waals surface area contributed by atoms with Crippen molar-refractivity contribution in [3.63, 3.8) is 0 Å². The molecule has 5 aromatic rings. The molecule has 0 radical (unpaired) electrons. The molecule has 1 aromatic heterocycles. The molecule has 0 fully saturated rings. The molecule has 0 aliphatic heterocycles. The van der Waals surface area contributed by atoms with Gasteiger partial charge < -0.3 is 21.7 Å². The van der Waals surface area contributed by atoms with E-state index >= 15 is 0 Å². The van der Waals surface area contributed by atoms with Gasteiger partial charge in [0.1, 0.15) is 0 Å². The van der Waals surface area contributed by atoms with Crippen molar-refractivity contribution in [2.24, 2.45) is 5.73 Å². The lowest BCUT2D eigenvalue weighted by molar-refractivity contribution is 0.102. The van der Waals surface area contributed by atoms with E-state index < -0.39 is 0 Å². The molecule has 0 spiro atoms. The fourth-order valence-electron chi connectivity index (χ4n) is 4.37. The number of aromatic nitrogens is 2. The Labute approximate surface area is 234 Å². The standard InChI is InChI=1S/C33H34N6O/c1-33(2,3)35-21-22-13-14-25(20-34)29(19-22)37-31(40)24-15-17-26(18-16-24)36-32-38-28-12-8-7-11-27(28)30(39-32)23-9-5-4-6-10-23/h4-19,35H,20-21,34H2,1-3H3,(H,37,40)(H,36,38,39). The van der Waals surface area contributed by atoms with Gasteiger partial charge in [0.25, 0.3) is 5.91 Å². The molecular formula is C33H34N6O. The Kier molecular flexibility index (Phi) is 7.86. The van der Waals surface area contributed by atoms with Gasteiger partial charge in [-0.05, 0) is 68.3 Å². The lowest BCUT2D eigenvalue weighted by Gasteiger charge is -2.21. The molecule has 0 saturated heterocycles. The second-order valence-corrected chi connectivity index (χ2v) is 10.7. The van der Waals surface area contributed by atoms with Gasteiger partial charge in [0.15, 0.2) is 0 Å². The maximum atomic E-state index is 13.1. The summed E-state index contributed by atoms with van der Waals surface area (Å²) in [6, 6.07) is 31.3. The van der Waals surface area contributed by atoms with E-state index in [1.165, 1.54) is 0 Å². The lowest BCUT2D eigenvalue weighted by atomic mass is 10.1. The van der Waals surface area contributed by atoms with Crippen molar-refractivity contribution in [1.82, 2.24) is 15.3 Å². The van der Waals surface area contributed by atoms with Crippen LogP contribution in [0.2, 0.25) is 0 Å². The summed E-state index contributed by atoms with van der Waals surface area (Å²) < 4.78 is 0. The van der Waals surface area contributed by atoms with Crippen molar-refractivity contribution < 1.29 is 4.79 Å². The molecule has 0 atom stereocenters. The maximum Gasteiger partial charge on any atom is 0.255 e. The molecule has 7 heteroatoms. The molecule has 202 valence electrons. The second-order valence-electron chi connectivity index (χ2n) is 10.7. The Bertz CT molecular complexity index is 1630.